The van der Waals surface area contributed by atoms with Gasteiger partial charge in [-0.3, -0.25) is 4.79 Å². The Balaban J connectivity index is 2.51. The molecule has 0 aliphatic carbocycles. The van der Waals surface area contributed by atoms with Crippen LogP contribution in [0.1, 0.15) is 19.3 Å². The lowest BCUT2D eigenvalue weighted by atomic mass is 10.0. The van der Waals surface area contributed by atoms with Gasteiger partial charge >= 0.3 is 0 Å². The van der Waals surface area contributed by atoms with Gasteiger partial charge in [-0.2, -0.15) is 0 Å². The second-order valence-corrected chi connectivity index (χ2v) is 3.01. The van der Waals surface area contributed by atoms with Crippen LogP contribution in [0.2, 0.25) is 0 Å². The van der Waals surface area contributed by atoms with E-state index in [4.69, 9.17) is 11.6 Å². The van der Waals surface area contributed by atoms with Crippen molar-refractivity contribution in [1.82, 2.24) is 4.90 Å². The largest absolute Gasteiger partial charge is 0.342 e. The molecule has 1 aliphatic rings. The number of amides is 1. The molecule has 0 spiro atoms. The van der Waals surface area contributed by atoms with Crippen molar-refractivity contribution in [3.63, 3.8) is 0 Å². The van der Waals surface area contributed by atoms with E-state index in [9.17, 15) is 4.79 Å². The molecule has 1 heterocycles. The molecular formula is C7H12ClNO. The van der Waals surface area contributed by atoms with Gasteiger partial charge in [-0.1, -0.05) is 0 Å². The SMILES string of the molecule is CN1C(=O)CCCC1CCl. The number of carbonyl (C=O) groups excluding carboxylic acids is 1. The van der Waals surface area contributed by atoms with Gasteiger partial charge in [0.1, 0.15) is 0 Å². The Morgan fingerprint density at radius 1 is 1.80 bits per heavy atom. The van der Waals surface area contributed by atoms with Crippen molar-refractivity contribution >= 4 is 17.5 Å². The maximum Gasteiger partial charge on any atom is 0.222 e. The number of carbonyl (C=O) groups is 1. The molecule has 0 aromatic carbocycles. The zero-order chi connectivity index (χ0) is 7.56. The predicted molar refractivity (Wildman–Crippen MR) is 41.1 cm³/mol. The Hall–Kier alpha value is -0.240. The van der Waals surface area contributed by atoms with Gasteiger partial charge in [0.15, 0.2) is 0 Å². The van der Waals surface area contributed by atoms with E-state index in [1.807, 2.05) is 7.05 Å². The standard InChI is InChI=1S/C7H12ClNO/c1-9-6(5-8)3-2-4-7(9)10/h6H,2-5H2,1H3. The van der Waals surface area contributed by atoms with Gasteiger partial charge in [-0.25, -0.2) is 0 Å². The summed E-state index contributed by atoms with van der Waals surface area (Å²) in [4.78, 5) is 12.8. The minimum Gasteiger partial charge on any atom is -0.342 e. The molecule has 0 aromatic rings. The van der Waals surface area contributed by atoms with E-state index in [0.717, 1.165) is 12.8 Å². The molecule has 10 heavy (non-hydrogen) atoms. The highest BCUT2D eigenvalue weighted by molar-refractivity contribution is 6.18. The number of likely N-dealkylation sites (tertiary alicyclic amines) is 1. The molecule has 1 aliphatic heterocycles. The Morgan fingerprint density at radius 3 is 3.00 bits per heavy atom. The maximum atomic E-state index is 11.0. The Bertz CT molecular complexity index is 138. The van der Waals surface area contributed by atoms with E-state index >= 15 is 0 Å². The summed E-state index contributed by atoms with van der Waals surface area (Å²) in [5.41, 5.74) is 0. The highest BCUT2D eigenvalue weighted by Crippen LogP contribution is 2.16. The van der Waals surface area contributed by atoms with Gasteiger partial charge in [0.2, 0.25) is 5.91 Å². The molecule has 1 fully saturated rings. The van der Waals surface area contributed by atoms with Crippen LogP contribution in [0.25, 0.3) is 0 Å². The van der Waals surface area contributed by atoms with Crippen LogP contribution >= 0.6 is 11.6 Å². The average Bonchev–Trinajstić information content (AvgIpc) is 1.95. The third kappa shape index (κ3) is 1.43. The zero-order valence-electron chi connectivity index (χ0n) is 6.14. The first-order valence-corrected chi connectivity index (χ1v) is 4.10. The lowest BCUT2D eigenvalue weighted by Crippen LogP contribution is -2.41. The molecule has 58 valence electrons. The summed E-state index contributed by atoms with van der Waals surface area (Å²) in [6.45, 7) is 0. The normalized spacial score (nSPS) is 27.2. The molecule has 0 saturated carbocycles. The summed E-state index contributed by atoms with van der Waals surface area (Å²) in [6, 6.07) is 0.280. The van der Waals surface area contributed by atoms with Gasteiger partial charge in [0.25, 0.3) is 0 Å². The first kappa shape index (κ1) is 7.86. The molecule has 0 N–H and O–H groups in total. The van der Waals surface area contributed by atoms with Gasteiger partial charge in [0.05, 0.1) is 0 Å². The second kappa shape index (κ2) is 3.24. The van der Waals surface area contributed by atoms with Crippen molar-refractivity contribution in [2.45, 2.75) is 25.3 Å². The molecule has 0 radical (unpaired) electrons. The number of nitrogens with zero attached hydrogens (tertiary/aromatic N) is 1. The summed E-state index contributed by atoms with van der Waals surface area (Å²) in [6.07, 6.45) is 2.76. The Labute approximate surface area is 66.1 Å². The number of piperidine rings is 1. The fourth-order valence-electron chi connectivity index (χ4n) is 1.24. The maximum absolute atomic E-state index is 11.0. The average molecular weight is 162 g/mol. The van der Waals surface area contributed by atoms with Crippen LogP contribution in [0.3, 0.4) is 0 Å². The van der Waals surface area contributed by atoms with Gasteiger partial charge < -0.3 is 4.90 Å². The van der Waals surface area contributed by atoms with Crippen molar-refractivity contribution in [2.75, 3.05) is 12.9 Å². The number of hydrogen-bond acceptors (Lipinski definition) is 1. The van der Waals surface area contributed by atoms with E-state index < -0.39 is 0 Å². The summed E-state index contributed by atoms with van der Waals surface area (Å²) >= 11 is 5.65. The van der Waals surface area contributed by atoms with Crippen LogP contribution in [0.4, 0.5) is 0 Å². The monoisotopic (exact) mass is 161 g/mol. The van der Waals surface area contributed by atoms with Crippen LogP contribution in [0.5, 0.6) is 0 Å². The first-order chi connectivity index (χ1) is 4.75. The van der Waals surface area contributed by atoms with Crippen LogP contribution in [-0.4, -0.2) is 29.8 Å². The molecule has 3 heteroatoms. The van der Waals surface area contributed by atoms with E-state index in [2.05, 4.69) is 0 Å². The molecule has 1 amide bonds. The smallest absolute Gasteiger partial charge is 0.222 e. The van der Waals surface area contributed by atoms with Crippen LogP contribution in [0, 0.1) is 0 Å². The Kier molecular flexibility index (Phi) is 2.55. The van der Waals surface area contributed by atoms with E-state index in [1.54, 1.807) is 4.90 Å². The molecule has 0 bridgehead atoms. The fourth-order valence-corrected chi connectivity index (χ4v) is 1.60. The quantitative estimate of drug-likeness (QED) is 0.530. The summed E-state index contributed by atoms with van der Waals surface area (Å²) < 4.78 is 0. The van der Waals surface area contributed by atoms with E-state index in [1.165, 1.54) is 0 Å². The first-order valence-electron chi connectivity index (χ1n) is 3.57. The summed E-state index contributed by atoms with van der Waals surface area (Å²) in [7, 11) is 1.83. The van der Waals surface area contributed by atoms with Crippen LogP contribution in [0.15, 0.2) is 0 Å². The second-order valence-electron chi connectivity index (χ2n) is 2.70. The molecule has 1 saturated heterocycles. The molecule has 1 unspecified atom stereocenters. The topological polar surface area (TPSA) is 20.3 Å². The minimum atomic E-state index is 0.233. The molecule has 1 atom stereocenters. The van der Waals surface area contributed by atoms with Gasteiger partial charge in [-0.05, 0) is 12.8 Å². The zero-order valence-corrected chi connectivity index (χ0v) is 6.90. The van der Waals surface area contributed by atoms with Crippen LogP contribution < -0.4 is 0 Å². The van der Waals surface area contributed by atoms with Crippen molar-refractivity contribution in [2.24, 2.45) is 0 Å². The third-order valence-corrected chi connectivity index (χ3v) is 2.40. The van der Waals surface area contributed by atoms with Gasteiger partial charge in [0, 0.05) is 25.4 Å². The van der Waals surface area contributed by atoms with Gasteiger partial charge in [-0.15, -0.1) is 11.6 Å². The van der Waals surface area contributed by atoms with Crippen molar-refractivity contribution in [3.8, 4) is 0 Å². The molecule has 1 rings (SSSR count). The highest BCUT2D eigenvalue weighted by atomic mass is 35.5. The third-order valence-electron chi connectivity index (χ3n) is 2.05. The van der Waals surface area contributed by atoms with Crippen molar-refractivity contribution in [1.29, 1.82) is 0 Å². The van der Waals surface area contributed by atoms with E-state index in [-0.39, 0.29) is 11.9 Å². The van der Waals surface area contributed by atoms with Crippen molar-refractivity contribution in [3.05, 3.63) is 0 Å². The number of hydrogen-bond donors (Lipinski definition) is 0. The number of alkyl halides is 1. The lowest BCUT2D eigenvalue weighted by Gasteiger charge is -2.30. The van der Waals surface area contributed by atoms with E-state index in [0.29, 0.717) is 12.3 Å². The summed E-state index contributed by atoms with van der Waals surface area (Å²) in [5.74, 6) is 0.805. The number of halogens is 1. The predicted octanol–water partition coefficient (Wildman–Crippen LogP) is 1.24. The molecule has 2 nitrogen and oxygen atoms in total. The van der Waals surface area contributed by atoms with Crippen LogP contribution in [-0.2, 0) is 4.79 Å². The lowest BCUT2D eigenvalue weighted by molar-refractivity contribution is -0.134. The fraction of sp³-hybridized carbons (Fsp3) is 0.857. The highest BCUT2D eigenvalue weighted by Gasteiger charge is 2.23. The molecule has 0 aromatic heterocycles. The summed E-state index contributed by atoms with van der Waals surface area (Å²) in [5, 5.41) is 0. The Morgan fingerprint density at radius 2 is 2.50 bits per heavy atom. The van der Waals surface area contributed by atoms with Crippen molar-refractivity contribution < 1.29 is 4.79 Å². The molecular weight excluding hydrogens is 150 g/mol. The number of rotatable bonds is 1. The minimum absolute atomic E-state index is 0.233.